The fourth-order valence-electron chi connectivity index (χ4n) is 3.83. The Kier molecular flexibility index (Phi) is 4.32. The molecule has 7 nitrogen and oxygen atoms in total. The molecule has 0 N–H and O–H groups in total. The molecule has 7 heteroatoms. The van der Waals surface area contributed by atoms with Crippen molar-refractivity contribution in [3.63, 3.8) is 0 Å². The second-order valence-electron chi connectivity index (χ2n) is 7.18. The van der Waals surface area contributed by atoms with E-state index in [1.807, 2.05) is 30.8 Å². The van der Waals surface area contributed by atoms with Crippen LogP contribution in [0.3, 0.4) is 0 Å². The summed E-state index contributed by atoms with van der Waals surface area (Å²) in [7, 11) is 6.26. The molecule has 1 fully saturated rings. The number of likely N-dealkylation sites (N-methyl/N-ethyl adjacent to an activating group) is 2. The number of hydrogen-bond acceptors (Lipinski definition) is 6. The molecule has 0 aliphatic carbocycles. The average molecular weight is 351 g/mol. The third-order valence-electron chi connectivity index (χ3n) is 5.28. The normalized spacial score (nSPS) is 17.9. The average Bonchev–Trinajstić information content (AvgIpc) is 3.18. The van der Waals surface area contributed by atoms with Crippen LogP contribution < -0.4 is 4.90 Å². The van der Waals surface area contributed by atoms with Crippen LogP contribution in [0.5, 0.6) is 0 Å². The zero-order chi connectivity index (χ0) is 18.3. The maximum Gasteiger partial charge on any atom is 0.165 e. The molecular weight excluding hydrogens is 326 g/mol. The molecule has 0 saturated carbocycles. The number of pyridine rings is 1. The Morgan fingerprint density at radius 2 is 2.12 bits per heavy atom. The molecule has 1 aliphatic heterocycles. The third kappa shape index (κ3) is 2.92. The Morgan fingerprint density at radius 1 is 1.27 bits per heavy atom. The molecule has 0 radical (unpaired) electrons. The topological polar surface area (TPSA) is 63.0 Å². The molecule has 0 aromatic carbocycles. The largest absolute Gasteiger partial charge is 0.357 e. The Morgan fingerprint density at radius 3 is 2.81 bits per heavy atom. The molecule has 4 rings (SSSR count). The Balaban J connectivity index is 1.81. The molecule has 0 bridgehead atoms. The predicted molar refractivity (Wildman–Crippen MR) is 103 cm³/mol. The lowest BCUT2D eigenvalue weighted by Gasteiger charge is -2.27. The fraction of sp³-hybridized carbons (Fsp3) is 0.474. The second kappa shape index (κ2) is 6.64. The van der Waals surface area contributed by atoms with E-state index in [1.54, 1.807) is 12.4 Å². The standard InChI is InChI=1S/C19H25N7/c1-13-16-18(25(3)12-15-8-6-10-24(15)2)21-17(14-7-5-9-20-11-14)22-19(16)26(4)23-13/h5,7,9,11,15H,6,8,10,12H2,1-4H3/t15-/m0/s1. The molecule has 1 aliphatic rings. The Bertz CT molecular complexity index is 919. The number of nitrogens with zero attached hydrogens (tertiary/aromatic N) is 7. The number of aryl methyl sites for hydroxylation is 2. The zero-order valence-electron chi connectivity index (χ0n) is 15.8. The maximum absolute atomic E-state index is 4.92. The van der Waals surface area contributed by atoms with Crippen LogP contribution in [0.1, 0.15) is 18.5 Å². The van der Waals surface area contributed by atoms with E-state index in [-0.39, 0.29) is 0 Å². The highest BCUT2D eigenvalue weighted by atomic mass is 15.3. The van der Waals surface area contributed by atoms with Gasteiger partial charge < -0.3 is 9.80 Å². The molecule has 3 aromatic heterocycles. The summed E-state index contributed by atoms with van der Waals surface area (Å²) >= 11 is 0. The van der Waals surface area contributed by atoms with Gasteiger partial charge in [-0.1, -0.05) is 0 Å². The van der Waals surface area contributed by atoms with Crippen LogP contribution in [0.25, 0.3) is 22.4 Å². The van der Waals surface area contributed by atoms with Gasteiger partial charge in [-0.3, -0.25) is 9.67 Å². The molecule has 0 unspecified atom stereocenters. The number of anilines is 1. The molecule has 4 heterocycles. The monoisotopic (exact) mass is 351 g/mol. The number of likely N-dealkylation sites (tertiary alicyclic amines) is 1. The van der Waals surface area contributed by atoms with Crippen LogP contribution in [0.2, 0.25) is 0 Å². The Hall–Kier alpha value is -2.54. The summed E-state index contributed by atoms with van der Waals surface area (Å²) in [5.41, 5.74) is 2.74. The van der Waals surface area contributed by atoms with E-state index in [0.717, 1.165) is 34.7 Å². The highest BCUT2D eigenvalue weighted by Gasteiger charge is 2.25. The van der Waals surface area contributed by atoms with Gasteiger partial charge in [0, 0.05) is 44.6 Å². The van der Waals surface area contributed by atoms with Gasteiger partial charge in [0.05, 0.1) is 11.1 Å². The van der Waals surface area contributed by atoms with Gasteiger partial charge in [0.2, 0.25) is 0 Å². The molecule has 26 heavy (non-hydrogen) atoms. The first-order chi connectivity index (χ1) is 12.5. The van der Waals surface area contributed by atoms with Crippen molar-refractivity contribution in [2.75, 3.05) is 32.1 Å². The molecule has 0 amide bonds. The van der Waals surface area contributed by atoms with Crippen molar-refractivity contribution in [3.05, 3.63) is 30.2 Å². The summed E-state index contributed by atoms with van der Waals surface area (Å²) in [6.45, 7) is 4.14. The van der Waals surface area contributed by atoms with Gasteiger partial charge in [0.15, 0.2) is 11.5 Å². The minimum Gasteiger partial charge on any atom is -0.357 e. The molecule has 1 atom stereocenters. The maximum atomic E-state index is 4.92. The highest BCUT2D eigenvalue weighted by molar-refractivity contribution is 5.91. The van der Waals surface area contributed by atoms with Gasteiger partial charge >= 0.3 is 0 Å². The lowest BCUT2D eigenvalue weighted by molar-refractivity contribution is 0.314. The summed E-state index contributed by atoms with van der Waals surface area (Å²) in [6, 6.07) is 4.46. The molecule has 1 saturated heterocycles. The van der Waals surface area contributed by atoms with Crippen molar-refractivity contribution >= 4 is 16.9 Å². The molecule has 136 valence electrons. The van der Waals surface area contributed by atoms with E-state index in [0.29, 0.717) is 11.9 Å². The van der Waals surface area contributed by atoms with E-state index in [2.05, 4.69) is 34.0 Å². The lowest BCUT2D eigenvalue weighted by Crippen LogP contribution is -2.37. The predicted octanol–water partition coefficient (Wildman–Crippen LogP) is 2.26. The Labute approximate surface area is 153 Å². The number of aromatic nitrogens is 5. The van der Waals surface area contributed by atoms with Gasteiger partial charge in [-0.15, -0.1) is 0 Å². The van der Waals surface area contributed by atoms with Gasteiger partial charge in [0.1, 0.15) is 5.82 Å². The smallest absolute Gasteiger partial charge is 0.165 e. The van der Waals surface area contributed by atoms with E-state index in [9.17, 15) is 0 Å². The summed E-state index contributed by atoms with van der Waals surface area (Å²) < 4.78 is 1.84. The summed E-state index contributed by atoms with van der Waals surface area (Å²) in [5.74, 6) is 1.63. The van der Waals surface area contributed by atoms with Crippen LogP contribution in [0, 0.1) is 6.92 Å². The van der Waals surface area contributed by atoms with Crippen LogP contribution in [0.15, 0.2) is 24.5 Å². The van der Waals surface area contributed by atoms with Crippen molar-refractivity contribution in [3.8, 4) is 11.4 Å². The van der Waals surface area contributed by atoms with Crippen LogP contribution in [0.4, 0.5) is 5.82 Å². The minimum absolute atomic E-state index is 0.559. The van der Waals surface area contributed by atoms with Gasteiger partial charge in [-0.2, -0.15) is 5.10 Å². The van der Waals surface area contributed by atoms with Gasteiger partial charge in [0.25, 0.3) is 0 Å². The van der Waals surface area contributed by atoms with Crippen molar-refractivity contribution in [2.45, 2.75) is 25.8 Å². The van der Waals surface area contributed by atoms with Crippen LogP contribution in [-0.4, -0.2) is 62.9 Å². The van der Waals surface area contributed by atoms with Crippen molar-refractivity contribution in [1.82, 2.24) is 29.6 Å². The number of rotatable bonds is 4. The number of fused-ring (bicyclic) bond motifs is 1. The molecular formula is C19H25N7. The van der Waals surface area contributed by atoms with Crippen molar-refractivity contribution < 1.29 is 0 Å². The minimum atomic E-state index is 0.559. The summed E-state index contributed by atoms with van der Waals surface area (Å²) in [6.07, 6.45) is 6.07. The van der Waals surface area contributed by atoms with E-state index < -0.39 is 0 Å². The van der Waals surface area contributed by atoms with E-state index >= 15 is 0 Å². The first kappa shape index (κ1) is 16.9. The summed E-state index contributed by atoms with van der Waals surface area (Å²) in [5, 5.41) is 5.61. The summed E-state index contributed by atoms with van der Waals surface area (Å²) in [4.78, 5) is 18.6. The third-order valence-corrected chi connectivity index (χ3v) is 5.28. The first-order valence-electron chi connectivity index (χ1n) is 9.07. The SMILES string of the molecule is Cc1nn(C)c2nc(-c3cccnc3)nc(N(C)C[C@@H]3CCCN3C)c12. The first-order valence-corrected chi connectivity index (χ1v) is 9.07. The van der Waals surface area contributed by atoms with Gasteiger partial charge in [-0.05, 0) is 45.5 Å². The lowest BCUT2D eigenvalue weighted by atomic mass is 10.2. The van der Waals surface area contributed by atoms with Crippen molar-refractivity contribution in [1.29, 1.82) is 0 Å². The number of hydrogen-bond donors (Lipinski definition) is 0. The second-order valence-corrected chi connectivity index (χ2v) is 7.18. The fourth-order valence-corrected chi connectivity index (χ4v) is 3.83. The van der Waals surface area contributed by atoms with E-state index in [4.69, 9.17) is 9.97 Å². The van der Waals surface area contributed by atoms with Crippen LogP contribution >= 0.6 is 0 Å². The highest BCUT2D eigenvalue weighted by Crippen LogP contribution is 2.30. The van der Waals surface area contributed by atoms with Crippen LogP contribution in [-0.2, 0) is 7.05 Å². The quantitative estimate of drug-likeness (QED) is 0.718. The van der Waals surface area contributed by atoms with Crippen molar-refractivity contribution in [2.24, 2.45) is 7.05 Å². The zero-order valence-corrected chi connectivity index (χ0v) is 15.8. The van der Waals surface area contributed by atoms with Gasteiger partial charge in [-0.25, -0.2) is 9.97 Å². The van der Waals surface area contributed by atoms with E-state index in [1.165, 1.54) is 19.4 Å². The molecule has 0 spiro atoms. The molecule has 3 aromatic rings.